The standard InChI is InChI=1S/C14H13BrO3S/c1-11(15)12-7-9-14(10-8-12)19(16,17)18-13-5-3-2-4-6-13/h2-11H,1H3. The summed E-state index contributed by atoms with van der Waals surface area (Å²) in [7, 11) is -3.77. The Bertz CT molecular complexity index is 634. The van der Waals surface area contributed by atoms with Gasteiger partial charge in [0.25, 0.3) is 0 Å². The summed E-state index contributed by atoms with van der Waals surface area (Å²) in [6, 6.07) is 15.1. The van der Waals surface area contributed by atoms with Crippen LogP contribution in [0.4, 0.5) is 0 Å². The molecule has 2 rings (SSSR count). The van der Waals surface area contributed by atoms with Crippen LogP contribution in [0.2, 0.25) is 0 Å². The molecule has 0 bridgehead atoms. The molecule has 5 heteroatoms. The van der Waals surface area contributed by atoms with Crippen LogP contribution in [-0.4, -0.2) is 8.42 Å². The monoisotopic (exact) mass is 340 g/mol. The lowest BCUT2D eigenvalue weighted by atomic mass is 10.2. The molecule has 3 nitrogen and oxygen atoms in total. The minimum atomic E-state index is -3.77. The molecule has 0 aliphatic carbocycles. The van der Waals surface area contributed by atoms with Crippen molar-refractivity contribution in [2.45, 2.75) is 16.6 Å². The minimum absolute atomic E-state index is 0.147. The smallest absolute Gasteiger partial charge is 0.339 e. The molecule has 0 amide bonds. The number of hydrogen-bond donors (Lipinski definition) is 0. The molecule has 0 N–H and O–H groups in total. The molecule has 2 aromatic rings. The molecule has 0 saturated carbocycles. The average Bonchev–Trinajstić information content (AvgIpc) is 2.39. The number of para-hydroxylation sites is 1. The first-order chi connectivity index (χ1) is 8.99. The lowest BCUT2D eigenvalue weighted by molar-refractivity contribution is 0.486. The summed E-state index contributed by atoms with van der Waals surface area (Å²) in [6.07, 6.45) is 0. The van der Waals surface area contributed by atoms with Crippen LogP contribution in [0.15, 0.2) is 59.5 Å². The summed E-state index contributed by atoms with van der Waals surface area (Å²) < 4.78 is 29.1. The molecule has 0 aromatic heterocycles. The molecule has 0 radical (unpaired) electrons. The maximum absolute atomic E-state index is 12.0. The Morgan fingerprint density at radius 1 is 1.00 bits per heavy atom. The Morgan fingerprint density at radius 2 is 1.58 bits per heavy atom. The highest BCUT2D eigenvalue weighted by molar-refractivity contribution is 9.09. The lowest BCUT2D eigenvalue weighted by Gasteiger charge is -2.08. The maximum atomic E-state index is 12.0. The van der Waals surface area contributed by atoms with E-state index < -0.39 is 10.1 Å². The van der Waals surface area contributed by atoms with Gasteiger partial charge in [0.05, 0.1) is 0 Å². The molecule has 0 aliphatic heterocycles. The molecule has 2 aromatic carbocycles. The van der Waals surface area contributed by atoms with Crippen molar-refractivity contribution < 1.29 is 12.6 Å². The van der Waals surface area contributed by atoms with Crippen molar-refractivity contribution in [2.24, 2.45) is 0 Å². The minimum Gasteiger partial charge on any atom is -0.379 e. The average molecular weight is 341 g/mol. The Labute approximate surface area is 121 Å². The number of rotatable bonds is 4. The Morgan fingerprint density at radius 3 is 2.11 bits per heavy atom. The first-order valence-electron chi connectivity index (χ1n) is 5.72. The highest BCUT2D eigenvalue weighted by Gasteiger charge is 2.16. The number of halogens is 1. The lowest BCUT2D eigenvalue weighted by Crippen LogP contribution is -2.09. The largest absolute Gasteiger partial charge is 0.379 e. The summed E-state index contributed by atoms with van der Waals surface area (Å²) in [5.41, 5.74) is 1.01. The van der Waals surface area contributed by atoms with E-state index >= 15 is 0 Å². The zero-order valence-corrected chi connectivity index (χ0v) is 12.7. The van der Waals surface area contributed by atoms with E-state index in [0.717, 1.165) is 5.56 Å². The molecular weight excluding hydrogens is 328 g/mol. The van der Waals surface area contributed by atoms with Crippen LogP contribution in [0, 0.1) is 0 Å². The van der Waals surface area contributed by atoms with Crippen LogP contribution in [0.3, 0.4) is 0 Å². The quantitative estimate of drug-likeness (QED) is 0.626. The Kier molecular flexibility index (Phi) is 4.27. The van der Waals surface area contributed by atoms with Crippen LogP contribution in [0.5, 0.6) is 5.75 Å². The van der Waals surface area contributed by atoms with Gasteiger partial charge in [-0.25, -0.2) is 0 Å². The highest BCUT2D eigenvalue weighted by Crippen LogP contribution is 2.24. The van der Waals surface area contributed by atoms with Crippen LogP contribution < -0.4 is 4.18 Å². The molecule has 1 atom stereocenters. The van der Waals surface area contributed by atoms with Crippen molar-refractivity contribution in [3.63, 3.8) is 0 Å². The summed E-state index contributed by atoms with van der Waals surface area (Å²) in [5, 5.41) is 0. The van der Waals surface area contributed by atoms with E-state index in [9.17, 15) is 8.42 Å². The highest BCUT2D eigenvalue weighted by atomic mass is 79.9. The Balaban J connectivity index is 2.25. The zero-order chi connectivity index (χ0) is 13.9. The van der Waals surface area contributed by atoms with E-state index in [1.807, 2.05) is 6.92 Å². The van der Waals surface area contributed by atoms with Gasteiger partial charge in [-0.3, -0.25) is 0 Å². The fourth-order valence-corrected chi connectivity index (χ4v) is 2.79. The normalized spacial score (nSPS) is 12.9. The van der Waals surface area contributed by atoms with Gasteiger partial charge in [0.15, 0.2) is 0 Å². The molecule has 0 fully saturated rings. The second-order valence-corrected chi connectivity index (χ2v) is 6.96. The van der Waals surface area contributed by atoms with Crippen molar-refractivity contribution in [2.75, 3.05) is 0 Å². The van der Waals surface area contributed by atoms with Gasteiger partial charge in [-0.1, -0.05) is 46.3 Å². The van der Waals surface area contributed by atoms with Crippen molar-refractivity contribution in [1.82, 2.24) is 0 Å². The molecular formula is C14H13BrO3S. The summed E-state index contributed by atoms with van der Waals surface area (Å²) in [6.45, 7) is 1.98. The van der Waals surface area contributed by atoms with Gasteiger partial charge >= 0.3 is 10.1 Å². The van der Waals surface area contributed by atoms with Gasteiger partial charge < -0.3 is 4.18 Å². The first-order valence-corrected chi connectivity index (χ1v) is 8.05. The Hall–Kier alpha value is -1.33. The molecule has 1 unspecified atom stereocenters. The third kappa shape index (κ3) is 3.58. The summed E-state index contributed by atoms with van der Waals surface area (Å²) >= 11 is 3.43. The second-order valence-electron chi connectivity index (χ2n) is 4.04. The van der Waals surface area contributed by atoms with E-state index in [-0.39, 0.29) is 9.72 Å². The first kappa shape index (κ1) is 14.1. The molecule has 0 saturated heterocycles. The van der Waals surface area contributed by atoms with Gasteiger partial charge in [0.1, 0.15) is 10.6 Å². The van der Waals surface area contributed by atoms with Crippen LogP contribution in [0.1, 0.15) is 17.3 Å². The fourth-order valence-electron chi connectivity index (χ4n) is 1.55. The zero-order valence-electron chi connectivity index (χ0n) is 10.3. The van der Waals surface area contributed by atoms with E-state index in [0.29, 0.717) is 5.75 Å². The predicted molar refractivity (Wildman–Crippen MR) is 78.0 cm³/mol. The van der Waals surface area contributed by atoms with E-state index in [4.69, 9.17) is 4.18 Å². The van der Waals surface area contributed by atoms with Crippen LogP contribution in [0.25, 0.3) is 0 Å². The summed E-state index contributed by atoms with van der Waals surface area (Å²) in [5.74, 6) is 0.306. The van der Waals surface area contributed by atoms with Crippen molar-refractivity contribution >= 4 is 26.0 Å². The van der Waals surface area contributed by atoms with Crippen LogP contribution in [-0.2, 0) is 10.1 Å². The summed E-state index contributed by atoms with van der Waals surface area (Å²) in [4.78, 5) is 0.326. The molecule has 0 aliphatic rings. The molecule has 100 valence electrons. The van der Waals surface area contributed by atoms with Crippen molar-refractivity contribution in [3.05, 3.63) is 60.2 Å². The number of alkyl halides is 1. The van der Waals surface area contributed by atoms with Crippen molar-refractivity contribution in [3.8, 4) is 5.75 Å². The maximum Gasteiger partial charge on any atom is 0.339 e. The van der Waals surface area contributed by atoms with E-state index in [2.05, 4.69) is 15.9 Å². The second kappa shape index (κ2) is 5.75. The van der Waals surface area contributed by atoms with Crippen LogP contribution >= 0.6 is 15.9 Å². The molecule has 0 spiro atoms. The van der Waals surface area contributed by atoms with Gasteiger partial charge in [0, 0.05) is 4.83 Å². The van der Waals surface area contributed by atoms with Crippen molar-refractivity contribution in [1.29, 1.82) is 0 Å². The van der Waals surface area contributed by atoms with Gasteiger partial charge in [-0.05, 0) is 36.8 Å². The van der Waals surface area contributed by atoms with Gasteiger partial charge in [-0.2, -0.15) is 8.42 Å². The molecule has 0 heterocycles. The third-order valence-corrected chi connectivity index (χ3v) is 4.37. The topological polar surface area (TPSA) is 43.4 Å². The van der Waals surface area contributed by atoms with Gasteiger partial charge in [0.2, 0.25) is 0 Å². The van der Waals surface area contributed by atoms with Gasteiger partial charge in [-0.15, -0.1) is 0 Å². The third-order valence-electron chi connectivity index (χ3n) is 2.58. The fraction of sp³-hybridized carbons (Fsp3) is 0.143. The SMILES string of the molecule is CC(Br)c1ccc(S(=O)(=O)Oc2ccccc2)cc1. The number of benzene rings is 2. The number of hydrogen-bond acceptors (Lipinski definition) is 3. The molecule has 19 heavy (non-hydrogen) atoms. The van der Waals surface area contributed by atoms with E-state index in [1.54, 1.807) is 54.6 Å². The van der Waals surface area contributed by atoms with E-state index in [1.165, 1.54) is 0 Å². The predicted octanol–water partition coefficient (Wildman–Crippen LogP) is 3.91.